The van der Waals surface area contributed by atoms with Gasteiger partial charge in [-0.2, -0.15) is 4.98 Å². The van der Waals surface area contributed by atoms with Crippen LogP contribution >= 0.6 is 0 Å². The molecule has 2 atom stereocenters. The van der Waals surface area contributed by atoms with Gasteiger partial charge in [-0.1, -0.05) is 25.0 Å². The maximum atomic E-state index is 11.7. The summed E-state index contributed by atoms with van der Waals surface area (Å²) in [5.74, 6) is 0.263. The van der Waals surface area contributed by atoms with Crippen LogP contribution in [-0.4, -0.2) is 28.0 Å². The highest BCUT2D eigenvalue weighted by Gasteiger charge is 2.23. The van der Waals surface area contributed by atoms with Crippen molar-refractivity contribution in [2.45, 2.75) is 44.7 Å². The minimum atomic E-state index is -0.573. The molecule has 1 aromatic carbocycles. The van der Waals surface area contributed by atoms with E-state index in [-0.39, 0.29) is 17.6 Å². The van der Waals surface area contributed by atoms with Crippen molar-refractivity contribution in [3.63, 3.8) is 0 Å². The number of aryl methyl sites for hydroxylation is 1. The molecule has 7 heteroatoms. The Kier molecular flexibility index (Phi) is 5.14. The van der Waals surface area contributed by atoms with Gasteiger partial charge in [-0.3, -0.25) is 4.79 Å². The van der Waals surface area contributed by atoms with Crippen LogP contribution in [0.5, 0.6) is 0 Å². The largest absolute Gasteiger partial charge is 0.365 e. The Hall–Kier alpha value is -2.67. The van der Waals surface area contributed by atoms with E-state index in [1.165, 1.54) is 6.20 Å². The SMILES string of the molecule is Cc1cccc(Nc2nc(NC3CCCC[C@@H]3N)ncc2C(N)=O)c1. The first-order chi connectivity index (χ1) is 12.0. The second-order valence-corrected chi connectivity index (χ2v) is 6.51. The third-order valence-corrected chi connectivity index (χ3v) is 4.47. The predicted octanol–water partition coefficient (Wildman–Crippen LogP) is 2.31. The summed E-state index contributed by atoms with van der Waals surface area (Å²) in [5.41, 5.74) is 13.8. The number of nitrogens with zero attached hydrogens (tertiary/aromatic N) is 2. The first kappa shape index (κ1) is 17.2. The number of hydrogen-bond donors (Lipinski definition) is 4. The van der Waals surface area contributed by atoms with Crippen molar-refractivity contribution in [3.05, 3.63) is 41.6 Å². The number of rotatable bonds is 5. The van der Waals surface area contributed by atoms with Gasteiger partial charge in [0.05, 0.1) is 0 Å². The highest BCUT2D eigenvalue weighted by atomic mass is 16.1. The number of carbonyl (C=O) groups is 1. The number of primary amides is 1. The Labute approximate surface area is 147 Å². The molecule has 1 aliphatic carbocycles. The van der Waals surface area contributed by atoms with E-state index in [1.807, 2.05) is 31.2 Å². The van der Waals surface area contributed by atoms with Crippen LogP contribution in [0.4, 0.5) is 17.5 Å². The molecule has 0 bridgehead atoms. The summed E-state index contributed by atoms with van der Waals surface area (Å²) in [5, 5.41) is 6.46. The minimum Gasteiger partial charge on any atom is -0.365 e. The first-order valence-electron chi connectivity index (χ1n) is 8.55. The van der Waals surface area contributed by atoms with Crippen molar-refractivity contribution in [3.8, 4) is 0 Å². The summed E-state index contributed by atoms with van der Waals surface area (Å²) < 4.78 is 0. The molecule has 132 valence electrons. The Morgan fingerprint density at radius 3 is 2.80 bits per heavy atom. The van der Waals surface area contributed by atoms with Gasteiger partial charge >= 0.3 is 0 Å². The summed E-state index contributed by atoms with van der Waals surface area (Å²) >= 11 is 0. The lowest BCUT2D eigenvalue weighted by atomic mass is 9.91. The highest BCUT2D eigenvalue weighted by molar-refractivity contribution is 5.98. The number of benzene rings is 1. The fourth-order valence-electron chi connectivity index (χ4n) is 3.09. The monoisotopic (exact) mass is 340 g/mol. The Bertz CT molecular complexity index is 763. The number of aromatic nitrogens is 2. The number of hydrogen-bond acceptors (Lipinski definition) is 6. The van der Waals surface area contributed by atoms with Gasteiger partial charge in [0.25, 0.3) is 5.91 Å². The summed E-state index contributed by atoms with van der Waals surface area (Å²) in [6.45, 7) is 2.00. The molecule has 1 amide bonds. The van der Waals surface area contributed by atoms with Gasteiger partial charge in [-0.25, -0.2) is 4.98 Å². The van der Waals surface area contributed by atoms with Crippen LogP contribution < -0.4 is 22.1 Å². The fourth-order valence-corrected chi connectivity index (χ4v) is 3.09. The zero-order valence-corrected chi connectivity index (χ0v) is 14.3. The van der Waals surface area contributed by atoms with E-state index in [4.69, 9.17) is 11.5 Å². The Morgan fingerprint density at radius 1 is 1.28 bits per heavy atom. The Morgan fingerprint density at radius 2 is 2.08 bits per heavy atom. The van der Waals surface area contributed by atoms with Crippen molar-refractivity contribution < 1.29 is 4.79 Å². The molecule has 3 rings (SSSR count). The summed E-state index contributed by atoms with van der Waals surface area (Å²) in [6.07, 6.45) is 5.72. The van der Waals surface area contributed by atoms with Gasteiger partial charge in [-0.05, 0) is 37.5 Å². The average Bonchev–Trinajstić information content (AvgIpc) is 2.57. The summed E-state index contributed by atoms with van der Waals surface area (Å²) in [4.78, 5) is 20.4. The second-order valence-electron chi connectivity index (χ2n) is 6.51. The van der Waals surface area contributed by atoms with Crippen LogP contribution in [0, 0.1) is 6.92 Å². The molecule has 1 aliphatic rings. The van der Waals surface area contributed by atoms with Crippen molar-refractivity contribution in [1.29, 1.82) is 0 Å². The molecule has 25 heavy (non-hydrogen) atoms. The zero-order valence-electron chi connectivity index (χ0n) is 14.3. The smallest absolute Gasteiger partial charge is 0.254 e. The van der Waals surface area contributed by atoms with E-state index >= 15 is 0 Å². The van der Waals surface area contributed by atoms with E-state index in [2.05, 4.69) is 20.6 Å². The quantitative estimate of drug-likeness (QED) is 0.663. The lowest BCUT2D eigenvalue weighted by Gasteiger charge is -2.29. The molecule has 2 aromatic rings. The predicted molar refractivity (Wildman–Crippen MR) is 98.9 cm³/mol. The molecular formula is C18H24N6O. The van der Waals surface area contributed by atoms with Gasteiger partial charge in [0.15, 0.2) is 0 Å². The minimum absolute atomic E-state index is 0.0846. The molecule has 1 fully saturated rings. The van der Waals surface area contributed by atoms with Crippen LogP contribution in [0.1, 0.15) is 41.6 Å². The van der Waals surface area contributed by atoms with E-state index in [9.17, 15) is 4.79 Å². The zero-order chi connectivity index (χ0) is 17.8. The molecule has 1 saturated carbocycles. The number of anilines is 3. The average molecular weight is 340 g/mol. The van der Waals surface area contributed by atoms with E-state index in [0.717, 1.165) is 36.9 Å². The van der Waals surface area contributed by atoms with Gasteiger partial charge in [0.1, 0.15) is 11.4 Å². The number of carbonyl (C=O) groups excluding carboxylic acids is 1. The maximum absolute atomic E-state index is 11.7. The van der Waals surface area contributed by atoms with Crippen LogP contribution in [-0.2, 0) is 0 Å². The summed E-state index contributed by atoms with van der Waals surface area (Å²) in [7, 11) is 0. The molecule has 0 spiro atoms. The third-order valence-electron chi connectivity index (χ3n) is 4.47. The lowest BCUT2D eigenvalue weighted by molar-refractivity contribution is 0.100. The molecule has 6 N–H and O–H groups in total. The van der Waals surface area contributed by atoms with E-state index < -0.39 is 5.91 Å². The van der Waals surface area contributed by atoms with Crippen LogP contribution in [0.15, 0.2) is 30.5 Å². The molecular weight excluding hydrogens is 316 g/mol. The number of nitrogens with one attached hydrogen (secondary N) is 2. The molecule has 0 saturated heterocycles. The standard InChI is InChI=1S/C18H24N6O/c1-11-5-4-6-12(9-11)22-17-13(16(20)25)10-21-18(24-17)23-15-8-3-2-7-14(15)19/h4-6,9-10,14-15H,2-3,7-8,19H2,1H3,(H2,20,25)(H2,21,22,23,24)/t14-,15?/m0/s1. The molecule has 1 unspecified atom stereocenters. The van der Waals surface area contributed by atoms with Crippen LogP contribution in [0.3, 0.4) is 0 Å². The van der Waals surface area contributed by atoms with Gasteiger partial charge in [-0.15, -0.1) is 0 Å². The second kappa shape index (κ2) is 7.48. The van der Waals surface area contributed by atoms with Gasteiger partial charge in [0, 0.05) is 24.0 Å². The van der Waals surface area contributed by atoms with Gasteiger partial charge < -0.3 is 22.1 Å². The van der Waals surface area contributed by atoms with Crippen molar-refractivity contribution in [2.75, 3.05) is 10.6 Å². The molecule has 1 aromatic heterocycles. The van der Waals surface area contributed by atoms with Crippen LogP contribution in [0.2, 0.25) is 0 Å². The number of nitrogens with two attached hydrogens (primary N) is 2. The normalized spacial score (nSPS) is 20.1. The molecule has 7 nitrogen and oxygen atoms in total. The van der Waals surface area contributed by atoms with Gasteiger partial charge in [0.2, 0.25) is 5.95 Å². The molecule has 1 heterocycles. The van der Waals surface area contributed by atoms with Crippen molar-refractivity contribution in [1.82, 2.24) is 9.97 Å². The topological polar surface area (TPSA) is 119 Å². The highest BCUT2D eigenvalue weighted by Crippen LogP contribution is 2.23. The van der Waals surface area contributed by atoms with E-state index in [1.54, 1.807) is 0 Å². The Balaban J connectivity index is 1.85. The lowest BCUT2D eigenvalue weighted by Crippen LogP contribution is -2.43. The fraction of sp³-hybridized carbons (Fsp3) is 0.389. The van der Waals surface area contributed by atoms with Crippen LogP contribution in [0.25, 0.3) is 0 Å². The number of amides is 1. The molecule has 0 radical (unpaired) electrons. The first-order valence-corrected chi connectivity index (χ1v) is 8.55. The summed E-state index contributed by atoms with van der Waals surface area (Å²) in [6, 6.07) is 8.03. The van der Waals surface area contributed by atoms with Crippen molar-refractivity contribution >= 4 is 23.4 Å². The maximum Gasteiger partial charge on any atom is 0.254 e. The van der Waals surface area contributed by atoms with E-state index in [0.29, 0.717) is 11.8 Å². The molecule has 0 aliphatic heterocycles. The third kappa shape index (κ3) is 4.24. The van der Waals surface area contributed by atoms with Crippen molar-refractivity contribution in [2.24, 2.45) is 11.5 Å².